The van der Waals surface area contributed by atoms with E-state index in [1.165, 1.54) is 6.61 Å². The Balaban J connectivity index is 0.00000560. The van der Waals surface area contributed by atoms with Gasteiger partial charge in [0.25, 0.3) is 0 Å². The minimum absolute atomic E-state index is 0. The zero-order valence-electron chi connectivity index (χ0n) is 24.8. The molecule has 216 valence electrons. The topological polar surface area (TPSA) is 66.4 Å². The van der Waals surface area contributed by atoms with E-state index >= 15 is 0 Å². The fourth-order valence-electron chi connectivity index (χ4n) is 4.12. The van der Waals surface area contributed by atoms with Crippen LogP contribution in [0.1, 0.15) is 37.5 Å². The van der Waals surface area contributed by atoms with E-state index in [9.17, 15) is 5.11 Å². The molecule has 0 bridgehead atoms. The van der Waals surface area contributed by atoms with Crippen LogP contribution >= 0.6 is 0 Å². The van der Waals surface area contributed by atoms with Crippen LogP contribution < -0.4 is 9.47 Å². The average molecular weight is 790 g/mol. The monoisotopic (exact) mass is 789 g/mol. The maximum Gasteiger partial charge on any atom is 0.192 e. The van der Waals surface area contributed by atoms with Gasteiger partial charge in [-0.25, -0.2) is 0 Å². The Morgan fingerprint density at radius 3 is 1.65 bits per heavy atom. The number of ether oxygens (including phenoxy) is 4. The molecule has 0 aliphatic heterocycles. The summed E-state index contributed by atoms with van der Waals surface area (Å²) in [7, 11) is 1.27. The van der Waals surface area contributed by atoms with E-state index in [1.54, 1.807) is 14.2 Å². The zero-order valence-corrected chi connectivity index (χ0v) is 29.9. The smallest absolute Gasteiger partial charge is 0.192 e. The SMILES string of the molecule is COc1ccc(C(OC[C@H](CO[Si](C)(C)C(C)(C)C)O[CH-]CO)(c2ccccc2)c2ccc(OC)cc2)cc1.[U]. The molecule has 1 atom stereocenters. The predicted molar refractivity (Wildman–Crippen MR) is 158 cm³/mol. The first-order valence-corrected chi connectivity index (χ1v) is 16.2. The van der Waals surface area contributed by atoms with Crippen molar-refractivity contribution in [3.8, 4) is 11.5 Å². The summed E-state index contributed by atoms with van der Waals surface area (Å²) in [6, 6.07) is 26.0. The second-order valence-electron chi connectivity index (χ2n) is 11.0. The van der Waals surface area contributed by atoms with Crippen molar-refractivity contribution in [1.29, 1.82) is 0 Å². The first-order valence-electron chi connectivity index (χ1n) is 13.3. The van der Waals surface area contributed by atoms with E-state index in [4.69, 9.17) is 23.4 Å². The molecule has 0 saturated carbocycles. The quantitative estimate of drug-likeness (QED) is 0.113. The molecule has 8 heteroatoms. The van der Waals surface area contributed by atoms with Gasteiger partial charge in [-0.15, -0.1) is 0 Å². The van der Waals surface area contributed by atoms with Crippen molar-refractivity contribution in [3.63, 3.8) is 0 Å². The van der Waals surface area contributed by atoms with Crippen molar-refractivity contribution in [3.05, 3.63) is 102 Å². The second-order valence-corrected chi connectivity index (χ2v) is 15.8. The van der Waals surface area contributed by atoms with E-state index in [0.717, 1.165) is 28.2 Å². The van der Waals surface area contributed by atoms with Crippen molar-refractivity contribution in [2.24, 2.45) is 0 Å². The number of rotatable bonds is 14. The third kappa shape index (κ3) is 8.45. The molecule has 3 aromatic rings. The molecule has 0 aliphatic rings. The Labute approximate surface area is 264 Å². The fraction of sp³-hybridized carbons (Fsp3) is 0.406. The normalized spacial score (nSPS) is 12.9. The number of aliphatic hydroxyl groups is 1. The summed E-state index contributed by atoms with van der Waals surface area (Å²) in [5.41, 5.74) is 1.89. The van der Waals surface area contributed by atoms with Gasteiger partial charge < -0.3 is 28.5 Å². The molecule has 0 spiro atoms. The molecular weight excluding hydrogens is 746 g/mol. The summed E-state index contributed by atoms with van der Waals surface area (Å²) in [6.45, 7) is 12.8. The van der Waals surface area contributed by atoms with Crippen LogP contribution in [0.2, 0.25) is 18.1 Å². The molecule has 0 aromatic heterocycles. The van der Waals surface area contributed by atoms with Gasteiger partial charge in [-0.3, -0.25) is 0 Å². The van der Waals surface area contributed by atoms with Gasteiger partial charge in [-0.1, -0.05) is 82.0 Å². The van der Waals surface area contributed by atoms with Crippen LogP contribution in [0.15, 0.2) is 78.9 Å². The van der Waals surface area contributed by atoms with Crippen LogP contribution in [0, 0.1) is 37.7 Å². The van der Waals surface area contributed by atoms with E-state index in [2.05, 4.69) is 46.0 Å². The van der Waals surface area contributed by atoms with Crippen molar-refractivity contribution in [1.82, 2.24) is 0 Å². The first kappa shape index (κ1) is 34.6. The van der Waals surface area contributed by atoms with Gasteiger partial charge in [0, 0.05) is 31.1 Å². The number of aliphatic hydroxyl groups excluding tert-OH is 1. The molecule has 0 radical (unpaired) electrons. The van der Waals surface area contributed by atoms with Crippen molar-refractivity contribution < 1.29 is 59.6 Å². The van der Waals surface area contributed by atoms with Crippen LogP contribution in [0.4, 0.5) is 0 Å². The molecule has 0 amide bonds. The van der Waals surface area contributed by atoms with E-state index in [1.807, 2.05) is 66.7 Å². The zero-order chi connectivity index (χ0) is 28.5. The van der Waals surface area contributed by atoms with Gasteiger partial charge in [0.2, 0.25) is 0 Å². The maximum atomic E-state index is 9.46. The molecule has 1 N–H and O–H groups in total. The Morgan fingerprint density at radius 1 is 0.750 bits per heavy atom. The van der Waals surface area contributed by atoms with Gasteiger partial charge in [-0.05, 0) is 59.1 Å². The number of benzene rings is 3. The standard InChI is InChI=1S/C32H43O6Si.U/c1-31(2,3)39(6,7)38-24-30(36-22-21-33)23-37-32(25-11-9-8-10-12-25,26-13-17-28(34-4)18-14-26)27-15-19-29(35-5)20-16-27;/h8-20,22,30,33H,21,23-24H2,1-7H3;/q-1;/t30-;/m1./s1. The summed E-state index contributed by atoms with van der Waals surface area (Å²) in [4.78, 5) is 0. The summed E-state index contributed by atoms with van der Waals surface area (Å²) in [5.74, 6) is 1.52. The Morgan fingerprint density at radius 2 is 1.23 bits per heavy atom. The molecule has 0 saturated heterocycles. The van der Waals surface area contributed by atoms with Gasteiger partial charge in [0.15, 0.2) is 8.32 Å². The molecule has 0 fully saturated rings. The Hall–Kier alpha value is -1.63. The van der Waals surface area contributed by atoms with Crippen molar-refractivity contribution >= 4 is 8.32 Å². The third-order valence-corrected chi connectivity index (χ3v) is 12.0. The van der Waals surface area contributed by atoms with E-state index < -0.39 is 20.0 Å². The average Bonchev–Trinajstić information content (AvgIpc) is 2.94. The molecular formula is C32H43O6SiU-. The van der Waals surface area contributed by atoms with Gasteiger partial charge in [0.05, 0.1) is 33.5 Å². The van der Waals surface area contributed by atoms with Crippen molar-refractivity contribution in [2.75, 3.05) is 34.0 Å². The summed E-state index contributed by atoms with van der Waals surface area (Å²) in [6.07, 6.45) is -0.425. The molecule has 3 aromatic carbocycles. The molecule has 0 unspecified atom stereocenters. The summed E-state index contributed by atoms with van der Waals surface area (Å²) < 4.78 is 30.3. The van der Waals surface area contributed by atoms with Crippen LogP contribution in [0.25, 0.3) is 0 Å². The van der Waals surface area contributed by atoms with Crippen LogP contribution in [-0.2, 0) is 19.5 Å². The molecule has 40 heavy (non-hydrogen) atoms. The van der Waals surface area contributed by atoms with Gasteiger partial charge >= 0.3 is 0 Å². The number of hydrogen-bond donors (Lipinski definition) is 1. The van der Waals surface area contributed by atoms with Gasteiger partial charge in [0.1, 0.15) is 17.1 Å². The third-order valence-electron chi connectivity index (χ3n) is 7.46. The van der Waals surface area contributed by atoms with E-state index in [0.29, 0.717) is 6.61 Å². The predicted octanol–water partition coefficient (Wildman–Crippen LogP) is 6.57. The maximum absolute atomic E-state index is 9.46. The second kappa shape index (κ2) is 15.6. The Kier molecular flexibility index (Phi) is 13.4. The largest absolute Gasteiger partial charge is 0.544 e. The van der Waals surface area contributed by atoms with Crippen LogP contribution in [0.5, 0.6) is 11.5 Å². The summed E-state index contributed by atoms with van der Waals surface area (Å²) >= 11 is 0. The van der Waals surface area contributed by atoms with Crippen LogP contribution in [0.3, 0.4) is 0 Å². The minimum atomic E-state index is -2.03. The number of methoxy groups -OCH3 is 2. The minimum Gasteiger partial charge on any atom is -0.544 e. The van der Waals surface area contributed by atoms with Crippen LogP contribution in [-0.4, -0.2) is 53.6 Å². The molecule has 3 rings (SSSR count). The van der Waals surface area contributed by atoms with E-state index in [-0.39, 0.29) is 49.4 Å². The molecule has 0 aliphatic carbocycles. The van der Waals surface area contributed by atoms with Gasteiger partial charge in [-0.2, -0.15) is 6.61 Å². The van der Waals surface area contributed by atoms with Crippen molar-refractivity contribution in [2.45, 2.75) is 50.6 Å². The summed E-state index contributed by atoms with van der Waals surface area (Å²) in [5, 5.41) is 9.51. The Bertz CT molecular complexity index is 1080. The first-order chi connectivity index (χ1) is 18.6. The molecule has 0 heterocycles. The molecule has 6 nitrogen and oxygen atoms in total. The fourth-order valence-corrected chi connectivity index (χ4v) is 5.15. The number of hydrogen-bond acceptors (Lipinski definition) is 6.